The molecule has 0 bridgehead atoms. The zero-order chi connectivity index (χ0) is 23.9. The lowest BCUT2D eigenvalue weighted by Gasteiger charge is -2.28. The zero-order valence-corrected chi connectivity index (χ0v) is 19.3. The number of benzene rings is 2. The van der Waals surface area contributed by atoms with E-state index in [1.165, 1.54) is 12.1 Å². The van der Waals surface area contributed by atoms with Crippen LogP contribution in [0.25, 0.3) is 11.0 Å². The fraction of sp³-hybridized carbons (Fsp3) is 0.360. The van der Waals surface area contributed by atoms with Crippen LogP contribution in [0.1, 0.15) is 52.7 Å². The molecule has 1 atom stereocenters. The monoisotopic (exact) mass is 449 g/mol. The summed E-state index contributed by atoms with van der Waals surface area (Å²) in [6, 6.07) is 8.95. The Bertz CT molecular complexity index is 1290. The smallest absolute Gasteiger partial charge is 0.290 e. The normalized spacial score (nSPS) is 15.5. The Kier molecular flexibility index (Phi) is 6.03. The summed E-state index contributed by atoms with van der Waals surface area (Å²) < 4.78 is 6.02. The number of nitro groups is 1. The molecule has 0 spiro atoms. The molecule has 1 unspecified atom stereocenters. The van der Waals surface area contributed by atoms with E-state index in [1.807, 2.05) is 13.8 Å². The number of hydrogen-bond acceptors (Lipinski definition) is 6. The van der Waals surface area contributed by atoms with E-state index in [-0.39, 0.29) is 22.8 Å². The van der Waals surface area contributed by atoms with Gasteiger partial charge in [0.2, 0.25) is 5.76 Å². The Labute approximate surface area is 191 Å². The molecule has 2 aromatic carbocycles. The van der Waals surface area contributed by atoms with Gasteiger partial charge in [-0.2, -0.15) is 0 Å². The van der Waals surface area contributed by atoms with Gasteiger partial charge < -0.3 is 14.2 Å². The maximum atomic E-state index is 13.6. The van der Waals surface area contributed by atoms with Gasteiger partial charge in [0.15, 0.2) is 5.43 Å². The SMILES string of the molecule is CCN(CC)CCN1C(=O)c2oc3cc(C)c(C)cc3c(=O)c2C1c1ccc([N+](=O)[O-])cc1. The maximum absolute atomic E-state index is 13.6. The van der Waals surface area contributed by atoms with Crippen LogP contribution in [0.4, 0.5) is 5.69 Å². The van der Waals surface area contributed by atoms with E-state index in [2.05, 4.69) is 18.7 Å². The van der Waals surface area contributed by atoms with Crippen LogP contribution in [-0.4, -0.2) is 46.8 Å². The number of nitrogens with zero attached hydrogens (tertiary/aromatic N) is 3. The lowest BCUT2D eigenvalue weighted by Crippen LogP contribution is -2.37. The highest BCUT2D eigenvalue weighted by Gasteiger charge is 2.42. The average molecular weight is 450 g/mol. The highest BCUT2D eigenvalue weighted by atomic mass is 16.6. The highest BCUT2D eigenvalue weighted by molar-refractivity contribution is 5.99. The summed E-state index contributed by atoms with van der Waals surface area (Å²) >= 11 is 0. The largest absolute Gasteiger partial charge is 0.450 e. The van der Waals surface area contributed by atoms with E-state index in [9.17, 15) is 19.7 Å². The van der Waals surface area contributed by atoms with Crippen LogP contribution in [0, 0.1) is 24.0 Å². The Morgan fingerprint density at radius 3 is 2.30 bits per heavy atom. The molecule has 1 aliphatic rings. The topological polar surface area (TPSA) is 96.9 Å². The molecule has 0 saturated heterocycles. The molecule has 0 fully saturated rings. The van der Waals surface area contributed by atoms with Crippen molar-refractivity contribution >= 4 is 22.6 Å². The summed E-state index contributed by atoms with van der Waals surface area (Å²) in [7, 11) is 0. The van der Waals surface area contributed by atoms with Crippen LogP contribution >= 0.6 is 0 Å². The summed E-state index contributed by atoms with van der Waals surface area (Å²) in [5.74, 6) is -0.281. The van der Waals surface area contributed by atoms with Crippen LogP contribution < -0.4 is 5.43 Å². The van der Waals surface area contributed by atoms with Crippen LogP contribution in [0.2, 0.25) is 0 Å². The fourth-order valence-corrected chi connectivity index (χ4v) is 4.42. The lowest BCUT2D eigenvalue weighted by molar-refractivity contribution is -0.384. The summed E-state index contributed by atoms with van der Waals surface area (Å²) in [6.45, 7) is 10.7. The fourth-order valence-electron chi connectivity index (χ4n) is 4.42. The second kappa shape index (κ2) is 8.78. The van der Waals surface area contributed by atoms with Crippen LogP contribution in [0.15, 0.2) is 45.6 Å². The Balaban J connectivity index is 1.89. The van der Waals surface area contributed by atoms with Crippen LogP contribution in [-0.2, 0) is 0 Å². The molecule has 0 N–H and O–H groups in total. The molecule has 8 heteroatoms. The number of hydrogen-bond donors (Lipinski definition) is 0. The maximum Gasteiger partial charge on any atom is 0.290 e. The van der Waals surface area contributed by atoms with Crippen molar-refractivity contribution in [1.82, 2.24) is 9.80 Å². The van der Waals surface area contributed by atoms with Gasteiger partial charge in [0.25, 0.3) is 11.6 Å². The average Bonchev–Trinajstić information content (AvgIpc) is 3.08. The van der Waals surface area contributed by atoms with Crippen molar-refractivity contribution in [3.63, 3.8) is 0 Å². The molecule has 0 aliphatic carbocycles. The quantitative estimate of drug-likeness (QED) is 0.396. The predicted molar refractivity (Wildman–Crippen MR) is 126 cm³/mol. The lowest BCUT2D eigenvalue weighted by atomic mass is 9.97. The molecular weight excluding hydrogens is 422 g/mol. The van der Waals surface area contributed by atoms with Crippen molar-refractivity contribution < 1.29 is 14.1 Å². The summed E-state index contributed by atoms with van der Waals surface area (Å²) in [5, 5.41) is 11.6. The first-order chi connectivity index (χ1) is 15.8. The van der Waals surface area contributed by atoms with E-state index < -0.39 is 11.0 Å². The Hall–Kier alpha value is -3.52. The minimum Gasteiger partial charge on any atom is -0.450 e. The van der Waals surface area contributed by atoms with E-state index in [4.69, 9.17) is 4.42 Å². The van der Waals surface area contributed by atoms with Gasteiger partial charge >= 0.3 is 0 Å². The standard InChI is InChI=1S/C25H27N3O5/c1-5-26(6-2)11-12-27-22(17-7-9-18(10-8-17)28(31)32)21-23(29)19-13-15(3)16(4)14-20(19)33-24(21)25(27)30/h7-10,13-14,22H,5-6,11-12H2,1-4H3. The van der Waals surface area contributed by atoms with Gasteiger partial charge in [-0.25, -0.2) is 0 Å². The van der Waals surface area contributed by atoms with E-state index >= 15 is 0 Å². The number of non-ortho nitro benzene ring substituents is 1. The summed E-state index contributed by atoms with van der Waals surface area (Å²) in [5.41, 5.74) is 2.98. The van der Waals surface area contributed by atoms with Crippen molar-refractivity contribution in [3.05, 3.63) is 84.7 Å². The number of nitro benzene ring substituents is 1. The van der Waals surface area contributed by atoms with Gasteiger partial charge in [-0.3, -0.25) is 19.7 Å². The van der Waals surface area contributed by atoms with Crippen molar-refractivity contribution in [3.8, 4) is 0 Å². The molecular formula is C25H27N3O5. The minimum absolute atomic E-state index is 0.0466. The third-order valence-corrected chi connectivity index (χ3v) is 6.55. The molecule has 8 nitrogen and oxygen atoms in total. The molecule has 1 aliphatic heterocycles. The van der Waals surface area contributed by atoms with Crippen molar-refractivity contribution in [2.24, 2.45) is 0 Å². The molecule has 1 aromatic heterocycles. The molecule has 172 valence electrons. The Morgan fingerprint density at radius 2 is 1.70 bits per heavy atom. The van der Waals surface area contributed by atoms with Gasteiger partial charge in [-0.1, -0.05) is 13.8 Å². The number of rotatable bonds is 7. The minimum atomic E-state index is -0.661. The van der Waals surface area contributed by atoms with Gasteiger partial charge in [0, 0.05) is 25.2 Å². The summed E-state index contributed by atoms with van der Waals surface area (Å²) in [6.07, 6.45) is 0. The van der Waals surface area contributed by atoms with Gasteiger partial charge in [-0.15, -0.1) is 0 Å². The van der Waals surface area contributed by atoms with Crippen molar-refractivity contribution in [2.45, 2.75) is 33.7 Å². The first kappa shape index (κ1) is 22.7. The second-order valence-corrected chi connectivity index (χ2v) is 8.38. The molecule has 4 rings (SSSR count). The molecule has 1 amide bonds. The van der Waals surface area contributed by atoms with Crippen LogP contribution in [0.3, 0.4) is 0 Å². The molecule has 0 radical (unpaired) electrons. The van der Waals surface area contributed by atoms with Gasteiger partial charge in [0.1, 0.15) is 5.58 Å². The molecule has 0 saturated carbocycles. The molecule has 3 aromatic rings. The zero-order valence-electron chi connectivity index (χ0n) is 19.3. The number of likely N-dealkylation sites (N-methyl/N-ethyl adjacent to an activating group) is 1. The first-order valence-corrected chi connectivity index (χ1v) is 11.1. The van der Waals surface area contributed by atoms with E-state index in [0.717, 1.165) is 24.2 Å². The number of carbonyl (C=O) groups is 1. The number of amides is 1. The van der Waals surface area contributed by atoms with Crippen molar-refractivity contribution in [2.75, 3.05) is 26.2 Å². The summed E-state index contributed by atoms with van der Waals surface area (Å²) in [4.78, 5) is 41.6. The second-order valence-electron chi connectivity index (χ2n) is 8.38. The third-order valence-electron chi connectivity index (χ3n) is 6.55. The first-order valence-electron chi connectivity index (χ1n) is 11.1. The molecule has 2 heterocycles. The van der Waals surface area contributed by atoms with Crippen LogP contribution in [0.5, 0.6) is 0 Å². The number of fused-ring (bicyclic) bond motifs is 2. The number of aryl methyl sites for hydroxylation is 2. The third kappa shape index (κ3) is 3.91. The van der Waals surface area contributed by atoms with Gasteiger partial charge in [0.05, 0.1) is 21.9 Å². The number of carbonyl (C=O) groups excluding carboxylic acids is 1. The van der Waals surface area contributed by atoms with Gasteiger partial charge in [-0.05, 0) is 67.9 Å². The highest BCUT2D eigenvalue weighted by Crippen LogP contribution is 2.38. The van der Waals surface area contributed by atoms with E-state index in [1.54, 1.807) is 29.2 Å². The van der Waals surface area contributed by atoms with Crippen molar-refractivity contribution in [1.29, 1.82) is 0 Å². The Morgan fingerprint density at radius 1 is 1.06 bits per heavy atom. The molecule has 33 heavy (non-hydrogen) atoms. The van der Waals surface area contributed by atoms with E-state index in [0.29, 0.717) is 35.2 Å². The predicted octanol–water partition coefficient (Wildman–Crippen LogP) is 4.21.